The number of carbonyl (C=O) groups is 2. The molecule has 3 aliphatic heterocycles. The number of nitrogens with zero attached hydrogens (tertiary/aromatic N) is 3. The molecule has 5 nitrogen and oxygen atoms in total. The molecule has 2 amide bonds. The highest BCUT2D eigenvalue weighted by Crippen LogP contribution is 2.35. The molecule has 0 aromatic heterocycles. The third-order valence-corrected chi connectivity index (χ3v) is 5.50. The summed E-state index contributed by atoms with van der Waals surface area (Å²) < 4.78 is 0. The van der Waals surface area contributed by atoms with Crippen LogP contribution in [0.1, 0.15) is 40.0 Å². The molecule has 2 bridgehead atoms. The lowest BCUT2D eigenvalue weighted by molar-refractivity contribution is -0.162. The topological polar surface area (TPSA) is 43.9 Å². The first-order chi connectivity index (χ1) is 9.97. The smallest absolute Gasteiger partial charge is 0.226 e. The van der Waals surface area contributed by atoms with Gasteiger partial charge >= 0.3 is 0 Å². The van der Waals surface area contributed by atoms with Crippen LogP contribution < -0.4 is 0 Å². The average Bonchev–Trinajstić information content (AvgIpc) is 2.47. The van der Waals surface area contributed by atoms with E-state index < -0.39 is 0 Å². The second-order valence-electron chi connectivity index (χ2n) is 7.12. The summed E-state index contributed by atoms with van der Waals surface area (Å²) >= 11 is 0. The molecule has 0 aliphatic carbocycles. The van der Waals surface area contributed by atoms with Crippen molar-refractivity contribution in [2.24, 2.45) is 5.92 Å². The number of hydrogen-bond donors (Lipinski definition) is 0. The van der Waals surface area contributed by atoms with Crippen LogP contribution in [0.3, 0.4) is 0 Å². The Kier molecular flexibility index (Phi) is 3.95. The fraction of sp³-hybridized carbons (Fsp3) is 0.875. The van der Waals surface area contributed by atoms with Crippen LogP contribution in [-0.2, 0) is 9.59 Å². The Morgan fingerprint density at radius 1 is 1.05 bits per heavy atom. The highest BCUT2D eigenvalue weighted by molar-refractivity contribution is 5.81. The molecule has 3 rings (SSSR count). The predicted molar refractivity (Wildman–Crippen MR) is 80.7 cm³/mol. The molecule has 21 heavy (non-hydrogen) atoms. The third kappa shape index (κ3) is 2.68. The van der Waals surface area contributed by atoms with E-state index in [2.05, 4.69) is 23.6 Å². The molecule has 2 atom stereocenters. The van der Waals surface area contributed by atoms with Gasteiger partial charge in [-0.05, 0) is 33.1 Å². The van der Waals surface area contributed by atoms with Gasteiger partial charge in [0.15, 0.2) is 0 Å². The van der Waals surface area contributed by atoms with E-state index in [1.807, 2.05) is 4.90 Å². The summed E-state index contributed by atoms with van der Waals surface area (Å²) in [6, 6.07) is 1.44. The molecule has 3 heterocycles. The zero-order chi connectivity index (χ0) is 15.1. The van der Waals surface area contributed by atoms with Crippen molar-refractivity contribution in [2.75, 3.05) is 26.2 Å². The molecule has 3 saturated heterocycles. The maximum absolute atomic E-state index is 12.8. The lowest BCUT2D eigenvalue weighted by Gasteiger charge is -2.58. The van der Waals surface area contributed by atoms with E-state index in [1.165, 1.54) is 6.42 Å². The van der Waals surface area contributed by atoms with Crippen LogP contribution >= 0.6 is 0 Å². The maximum Gasteiger partial charge on any atom is 0.226 e. The standard InChI is InChI=1S/C16H27N3O2/c1-11(2)18-9-14-8-15(10-18)19(14)16(21)13-4-6-17(7-5-13)12(3)20/h11,13-15H,4-10H2,1-3H3. The van der Waals surface area contributed by atoms with Crippen molar-refractivity contribution in [3.05, 3.63) is 0 Å². The van der Waals surface area contributed by atoms with Gasteiger partial charge in [-0.1, -0.05) is 0 Å². The van der Waals surface area contributed by atoms with Crippen LogP contribution in [0.25, 0.3) is 0 Å². The summed E-state index contributed by atoms with van der Waals surface area (Å²) in [5, 5.41) is 0. The highest BCUT2D eigenvalue weighted by Gasteiger charge is 2.49. The predicted octanol–water partition coefficient (Wildman–Crippen LogP) is 0.938. The van der Waals surface area contributed by atoms with Gasteiger partial charge in [-0.25, -0.2) is 0 Å². The number of carbonyl (C=O) groups excluding carboxylic acids is 2. The lowest BCUT2D eigenvalue weighted by atomic mass is 9.83. The van der Waals surface area contributed by atoms with E-state index in [4.69, 9.17) is 0 Å². The van der Waals surface area contributed by atoms with Crippen molar-refractivity contribution >= 4 is 11.8 Å². The Balaban J connectivity index is 1.55. The summed E-state index contributed by atoms with van der Waals surface area (Å²) in [6.45, 7) is 9.63. The second kappa shape index (κ2) is 5.59. The van der Waals surface area contributed by atoms with Crippen LogP contribution in [-0.4, -0.2) is 70.8 Å². The molecule has 0 spiro atoms. The second-order valence-corrected chi connectivity index (χ2v) is 7.12. The lowest BCUT2D eigenvalue weighted by Crippen LogP contribution is -2.71. The number of hydrogen-bond acceptors (Lipinski definition) is 3. The zero-order valence-corrected chi connectivity index (χ0v) is 13.4. The Labute approximate surface area is 127 Å². The van der Waals surface area contributed by atoms with E-state index in [9.17, 15) is 9.59 Å². The van der Waals surface area contributed by atoms with Crippen molar-refractivity contribution in [1.29, 1.82) is 0 Å². The molecule has 3 fully saturated rings. The van der Waals surface area contributed by atoms with Crippen LogP contribution in [0.15, 0.2) is 0 Å². The van der Waals surface area contributed by atoms with E-state index in [0.29, 0.717) is 24.0 Å². The molecule has 2 unspecified atom stereocenters. The minimum absolute atomic E-state index is 0.134. The SMILES string of the molecule is CC(=O)N1CCC(C(=O)N2C3CC2CN(C(C)C)C3)CC1. The number of piperazine rings is 1. The van der Waals surface area contributed by atoms with E-state index in [1.54, 1.807) is 6.92 Å². The van der Waals surface area contributed by atoms with Gasteiger partial charge < -0.3 is 9.80 Å². The van der Waals surface area contributed by atoms with Gasteiger partial charge in [0.25, 0.3) is 0 Å². The molecule has 5 heteroatoms. The van der Waals surface area contributed by atoms with Crippen LogP contribution in [0.5, 0.6) is 0 Å². The summed E-state index contributed by atoms with van der Waals surface area (Å²) in [7, 11) is 0. The Morgan fingerprint density at radius 2 is 1.62 bits per heavy atom. The largest absolute Gasteiger partial charge is 0.343 e. The molecule has 0 radical (unpaired) electrons. The van der Waals surface area contributed by atoms with Crippen LogP contribution in [0.4, 0.5) is 0 Å². The Bertz CT molecular complexity index is 417. The molecule has 118 valence electrons. The molecule has 0 saturated carbocycles. The first kappa shape index (κ1) is 14.8. The number of piperidine rings is 2. The van der Waals surface area contributed by atoms with Crippen molar-refractivity contribution in [3.63, 3.8) is 0 Å². The van der Waals surface area contributed by atoms with E-state index in [-0.39, 0.29) is 11.8 Å². The zero-order valence-electron chi connectivity index (χ0n) is 13.4. The van der Waals surface area contributed by atoms with Crippen molar-refractivity contribution in [2.45, 2.75) is 58.2 Å². The molecule has 0 N–H and O–H groups in total. The van der Waals surface area contributed by atoms with Crippen LogP contribution in [0, 0.1) is 5.92 Å². The quantitative estimate of drug-likeness (QED) is 0.761. The summed E-state index contributed by atoms with van der Waals surface area (Å²) in [5.41, 5.74) is 0. The third-order valence-electron chi connectivity index (χ3n) is 5.50. The van der Waals surface area contributed by atoms with Crippen molar-refractivity contribution < 1.29 is 9.59 Å². The fourth-order valence-corrected chi connectivity index (χ4v) is 4.08. The van der Waals surface area contributed by atoms with Crippen LogP contribution in [0.2, 0.25) is 0 Å². The van der Waals surface area contributed by atoms with E-state index in [0.717, 1.165) is 39.0 Å². The minimum atomic E-state index is 0.134. The van der Waals surface area contributed by atoms with Gasteiger partial charge in [-0.3, -0.25) is 14.5 Å². The number of amides is 2. The average molecular weight is 293 g/mol. The number of rotatable bonds is 2. The van der Waals surface area contributed by atoms with Gasteiger partial charge in [-0.15, -0.1) is 0 Å². The van der Waals surface area contributed by atoms with E-state index >= 15 is 0 Å². The van der Waals surface area contributed by atoms with Gasteiger partial charge in [0.1, 0.15) is 0 Å². The molecule has 3 aliphatic rings. The number of likely N-dealkylation sites (tertiary alicyclic amines) is 3. The summed E-state index contributed by atoms with van der Waals surface area (Å²) in [5.74, 6) is 0.619. The monoisotopic (exact) mass is 293 g/mol. The first-order valence-corrected chi connectivity index (χ1v) is 8.29. The molecule has 0 aromatic carbocycles. The summed E-state index contributed by atoms with van der Waals surface area (Å²) in [6.07, 6.45) is 2.85. The fourth-order valence-electron chi connectivity index (χ4n) is 4.08. The Morgan fingerprint density at radius 3 is 2.10 bits per heavy atom. The van der Waals surface area contributed by atoms with Gasteiger partial charge in [0.05, 0.1) is 0 Å². The first-order valence-electron chi connectivity index (χ1n) is 8.29. The normalized spacial score (nSPS) is 30.5. The maximum atomic E-state index is 12.8. The van der Waals surface area contributed by atoms with Gasteiger partial charge in [0, 0.05) is 57.1 Å². The summed E-state index contributed by atoms with van der Waals surface area (Å²) in [4.78, 5) is 30.6. The molecule has 0 aromatic rings. The molecular weight excluding hydrogens is 266 g/mol. The Hall–Kier alpha value is -1.10. The molecular formula is C16H27N3O2. The van der Waals surface area contributed by atoms with Gasteiger partial charge in [0.2, 0.25) is 11.8 Å². The van der Waals surface area contributed by atoms with Gasteiger partial charge in [-0.2, -0.15) is 0 Å². The number of fused-ring (bicyclic) bond motifs is 2. The van der Waals surface area contributed by atoms with Crippen molar-refractivity contribution in [3.8, 4) is 0 Å². The van der Waals surface area contributed by atoms with Crippen molar-refractivity contribution in [1.82, 2.24) is 14.7 Å². The minimum Gasteiger partial charge on any atom is -0.343 e. The highest BCUT2D eigenvalue weighted by atomic mass is 16.2.